The summed E-state index contributed by atoms with van der Waals surface area (Å²) in [7, 11) is -2.15. The van der Waals surface area contributed by atoms with Crippen LogP contribution in [0.25, 0.3) is 0 Å². The maximum atomic E-state index is 12.6. The lowest BCUT2D eigenvalue weighted by Crippen LogP contribution is -2.53. The minimum Gasteiger partial charge on any atom is -0.338 e. The van der Waals surface area contributed by atoms with Gasteiger partial charge in [-0.2, -0.15) is 4.31 Å². The molecule has 2 rings (SSSR count). The largest absolute Gasteiger partial charge is 0.338 e. The van der Waals surface area contributed by atoms with Crippen molar-refractivity contribution in [1.82, 2.24) is 29.5 Å². The van der Waals surface area contributed by atoms with Crippen molar-refractivity contribution in [3.8, 4) is 0 Å². The molecule has 0 saturated carbocycles. The summed E-state index contributed by atoms with van der Waals surface area (Å²) in [6.07, 6.45) is 0. The third-order valence-electron chi connectivity index (χ3n) is 3.18. The Kier molecular flexibility index (Phi) is 4.84. The summed E-state index contributed by atoms with van der Waals surface area (Å²) >= 11 is 3.10. The molecule has 9 nitrogen and oxygen atoms in total. The molecule has 1 aromatic heterocycles. The highest BCUT2D eigenvalue weighted by molar-refractivity contribution is 9.10. The molecule has 1 aromatic rings. The lowest BCUT2D eigenvalue weighted by Gasteiger charge is -2.33. The molecule has 2 amide bonds. The molecule has 0 unspecified atom stereocenters. The zero-order valence-corrected chi connectivity index (χ0v) is 14.2. The number of piperazine rings is 1. The Hall–Kier alpha value is -1.20. The maximum absolute atomic E-state index is 12.6. The summed E-state index contributed by atoms with van der Waals surface area (Å²) in [6.45, 7) is 3.59. The average Bonchev–Trinajstić information content (AvgIpc) is 2.79. The van der Waals surface area contributed by atoms with Crippen LogP contribution in [0.3, 0.4) is 0 Å². The first-order chi connectivity index (χ1) is 9.87. The SMILES string of the molecule is CCNC(=O)N1CCN(S(=O)(=O)c2c(Br)nnn2C)CC1. The molecule has 11 heteroatoms. The van der Waals surface area contributed by atoms with E-state index in [1.807, 2.05) is 6.92 Å². The fourth-order valence-electron chi connectivity index (χ4n) is 2.11. The third kappa shape index (κ3) is 3.19. The number of amides is 2. The second-order valence-corrected chi connectivity index (χ2v) is 7.14. The van der Waals surface area contributed by atoms with Crippen LogP contribution < -0.4 is 5.32 Å². The Morgan fingerprint density at radius 1 is 1.33 bits per heavy atom. The van der Waals surface area contributed by atoms with Crippen molar-refractivity contribution in [2.75, 3.05) is 32.7 Å². The Balaban J connectivity index is 2.10. The number of sulfonamides is 1. The van der Waals surface area contributed by atoms with Gasteiger partial charge in [0.05, 0.1) is 0 Å². The predicted octanol–water partition coefficient (Wildman–Crippen LogP) is -0.387. The molecule has 1 N–H and O–H groups in total. The molecule has 1 aliphatic heterocycles. The number of urea groups is 1. The summed E-state index contributed by atoms with van der Waals surface area (Å²) in [5, 5.41) is 10.1. The van der Waals surface area contributed by atoms with Gasteiger partial charge in [0.25, 0.3) is 10.0 Å². The molecular formula is C10H17BrN6O3S. The van der Waals surface area contributed by atoms with Crippen molar-refractivity contribution in [3.05, 3.63) is 4.60 Å². The van der Waals surface area contributed by atoms with Crippen molar-refractivity contribution in [2.45, 2.75) is 11.9 Å². The van der Waals surface area contributed by atoms with Gasteiger partial charge in [-0.15, -0.1) is 5.10 Å². The highest BCUT2D eigenvalue weighted by atomic mass is 79.9. The average molecular weight is 381 g/mol. The van der Waals surface area contributed by atoms with Crippen molar-refractivity contribution in [1.29, 1.82) is 0 Å². The number of halogens is 1. The number of hydrogen-bond donors (Lipinski definition) is 1. The van der Waals surface area contributed by atoms with Gasteiger partial charge in [-0.05, 0) is 22.9 Å². The van der Waals surface area contributed by atoms with Gasteiger partial charge >= 0.3 is 6.03 Å². The fourth-order valence-corrected chi connectivity index (χ4v) is 4.57. The molecule has 0 bridgehead atoms. The molecule has 0 spiro atoms. The highest BCUT2D eigenvalue weighted by Gasteiger charge is 2.34. The predicted molar refractivity (Wildman–Crippen MR) is 78.1 cm³/mol. The topological polar surface area (TPSA) is 100 Å². The molecule has 0 aliphatic carbocycles. The number of aryl methyl sites for hydroxylation is 1. The van der Waals surface area contributed by atoms with E-state index < -0.39 is 10.0 Å². The van der Waals surface area contributed by atoms with E-state index in [9.17, 15) is 13.2 Å². The number of hydrogen-bond acceptors (Lipinski definition) is 5. The van der Waals surface area contributed by atoms with Gasteiger partial charge < -0.3 is 10.2 Å². The highest BCUT2D eigenvalue weighted by Crippen LogP contribution is 2.23. The van der Waals surface area contributed by atoms with E-state index >= 15 is 0 Å². The molecule has 0 radical (unpaired) electrons. The molecule has 1 fully saturated rings. The van der Waals surface area contributed by atoms with Gasteiger partial charge in [-0.1, -0.05) is 5.21 Å². The van der Waals surface area contributed by atoms with Crippen LogP contribution in [-0.2, 0) is 17.1 Å². The Bertz CT molecular complexity index is 603. The number of rotatable bonds is 3. The standard InChI is InChI=1S/C10H17BrN6O3S/c1-3-12-10(18)16-4-6-17(7-5-16)21(19,20)9-8(11)13-14-15(9)2/h3-7H2,1-2H3,(H,12,18). The van der Waals surface area contributed by atoms with Crippen LogP contribution >= 0.6 is 15.9 Å². The maximum Gasteiger partial charge on any atom is 0.317 e. The molecule has 21 heavy (non-hydrogen) atoms. The fraction of sp³-hybridized carbons (Fsp3) is 0.700. The summed E-state index contributed by atoms with van der Waals surface area (Å²) in [5.74, 6) is 0. The van der Waals surface area contributed by atoms with E-state index in [0.717, 1.165) is 0 Å². The van der Waals surface area contributed by atoms with Gasteiger partial charge in [0.15, 0.2) is 4.60 Å². The van der Waals surface area contributed by atoms with E-state index in [2.05, 4.69) is 31.6 Å². The van der Waals surface area contributed by atoms with E-state index in [1.54, 1.807) is 4.90 Å². The number of carbonyl (C=O) groups is 1. The summed E-state index contributed by atoms with van der Waals surface area (Å²) in [6, 6.07) is -0.169. The van der Waals surface area contributed by atoms with E-state index in [0.29, 0.717) is 19.6 Å². The molecule has 2 heterocycles. The molecule has 0 atom stereocenters. The second kappa shape index (κ2) is 6.28. The van der Waals surface area contributed by atoms with Crippen molar-refractivity contribution in [2.24, 2.45) is 7.05 Å². The van der Waals surface area contributed by atoms with Crippen LogP contribution in [-0.4, -0.2) is 71.4 Å². The van der Waals surface area contributed by atoms with E-state index in [1.165, 1.54) is 16.0 Å². The lowest BCUT2D eigenvalue weighted by atomic mass is 10.4. The van der Waals surface area contributed by atoms with Crippen LogP contribution in [0.1, 0.15) is 6.92 Å². The van der Waals surface area contributed by atoms with E-state index in [-0.39, 0.29) is 28.7 Å². The van der Waals surface area contributed by atoms with Gasteiger partial charge in [0.1, 0.15) is 0 Å². The Morgan fingerprint density at radius 3 is 2.43 bits per heavy atom. The third-order valence-corrected chi connectivity index (χ3v) is 5.96. The molecule has 1 aliphatic rings. The van der Waals surface area contributed by atoms with Gasteiger partial charge in [-0.3, -0.25) is 0 Å². The van der Waals surface area contributed by atoms with Crippen LogP contribution in [0.15, 0.2) is 9.63 Å². The first-order valence-electron chi connectivity index (χ1n) is 6.46. The van der Waals surface area contributed by atoms with Gasteiger partial charge in [0, 0.05) is 39.8 Å². The molecular weight excluding hydrogens is 364 g/mol. The monoisotopic (exact) mass is 380 g/mol. The summed E-state index contributed by atoms with van der Waals surface area (Å²) in [5.41, 5.74) is 0. The van der Waals surface area contributed by atoms with Crippen molar-refractivity contribution in [3.63, 3.8) is 0 Å². The second-order valence-electron chi connectivity index (χ2n) is 4.54. The van der Waals surface area contributed by atoms with Crippen molar-refractivity contribution < 1.29 is 13.2 Å². The molecule has 118 valence electrons. The quantitative estimate of drug-likeness (QED) is 0.769. The number of carbonyl (C=O) groups excluding carboxylic acids is 1. The zero-order chi connectivity index (χ0) is 15.6. The molecule has 0 aromatic carbocycles. The lowest BCUT2D eigenvalue weighted by molar-refractivity contribution is 0.172. The smallest absolute Gasteiger partial charge is 0.317 e. The Morgan fingerprint density at radius 2 is 1.95 bits per heavy atom. The number of nitrogens with zero attached hydrogens (tertiary/aromatic N) is 5. The van der Waals surface area contributed by atoms with Crippen LogP contribution in [0.2, 0.25) is 0 Å². The van der Waals surface area contributed by atoms with Gasteiger partial charge in [0.2, 0.25) is 5.03 Å². The molecule has 1 saturated heterocycles. The van der Waals surface area contributed by atoms with Crippen LogP contribution in [0.4, 0.5) is 4.79 Å². The summed E-state index contributed by atoms with van der Waals surface area (Å²) < 4.78 is 27.9. The summed E-state index contributed by atoms with van der Waals surface area (Å²) in [4.78, 5) is 13.3. The van der Waals surface area contributed by atoms with Crippen LogP contribution in [0, 0.1) is 0 Å². The zero-order valence-electron chi connectivity index (χ0n) is 11.8. The normalized spacial score (nSPS) is 17.0. The number of nitrogens with one attached hydrogen (secondary N) is 1. The van der Waals surface area contributed by atoms with Crippen LogP contribution in [0.5, 0.6) is 0 Å². The Labute approximate surface area is 131 Å². The minimum atomic E-state index is -3.68. The minimum absolute atomic E-state index is 0.0222. The van der Waals surface area contributed by atoms with Crippen molar-refractivity contribution >= 4 is 32.0 Å². The first kappa shape index (κ1) is 16.2. The number of aromatic nitrogens is 3. The van der Waals surface area contributed by atoms with Gasteiger partial charge in [-0.25, -0.2) is 17.9 Å². The first-order valence-corrected chi connectivity index (χ1v) is 8.69. The van der Waals surface area contributed by atoms with E-state index in [4.69, 9.17) is 0 Å².